The third-order valence-electron chi connectivity index (χ3n) is 1.61. The SMILES string of the molecule is CCOC(=O)c1cnc(NCC(F)(F)F)cn1. The van der Waals surface area contributed by atoms with Crippen LogP contribution in [0.1, 0.15) is 17.4 Å². The van der Waals surface area contributed by atoms with Gasteiger partial charge in [0.25, 0.3) is 0 Å². The molecular formula is C9H10F3N3O2. The van der Waals surface area contributed by atoms with Crippen LogP contribution < -0.4 is 5.32 Å². The van der Waals surface area contributed by atoms with Crippen LogP contribution in [0, 0.1) is 0 Å². The van der Waals surface area contributed by atoms with Crippen molar-refractivity contribution < 1.29 is 22.7 Å². The highest BCUT2D eigenvalue weighted by Crippen LogP contribution is 2.14. The van der Waals surface area contributed by atoms with Crippen LogP contribution in [0.5, 0.6) is 0 Å². The quantitative estimate of drug-likeness (QED) is 0.821. The van der Waals surface area contributed by atoms with Crippen molar-refractivity contribution in [2.75, 3.05) is 18.5 Å². The Kier molecular flexibility index (Phi) is 4.24. The van der Waals surface area contributed by atoms with E-state index < -0.39 is 18.7 Å². The molecule has 1 N–H and O–H groups in total. The molecule has 0 atom stereocenters. The number of rotatable bonds is 4. The van der Waals surface area contributed by atoms with Crippen LogP contribution >= 0.6 is 0 Å². The van der Waals surface area contributed by atoms with Crippen LogP contribution in [-0.4, -0.2) is 35.3 Å². The standard InChI is InChI=1S/C9H10F3N3O2/c1-2-17-8(16)6-3-14-7(4-13-6)15-5-9(10,11)12/h3-4H,2,5H2,1H3,(H,14,15). The average molecular weight is 249 g/mol. The van der Waals surface area contributed by atoms with Gasteiger partial charge in [-0.05, 0) is 6.92 Å². The largest absolute Gasteiger partial charge is 0.461 e. The Morgan fingerprint density at radius 2 is 2.12 bits per heavy atom. The number of anilines is 1. The van der Waals surface area contributed by atoms with Crippen molar-refractivity contribution in [1.29, 1.82) is 0 Å². The molecule has 0 aliphatic rings. The highest BCUT2D eigenvalue weighted by Gasteiger charge is 2.26. The van der Waals surface area contributed by atoms with Crippen LogP contribution in [0.3, 0.4) is 0 Å². The second-order valence-corrected chi connectivity index (χ2v) is 2.98. The summed E-state index contributed by atoms with van der Waals surface area (Å²) in [7, 11) is 0. The van der Waals surface area contributed by atoms with Crippen molar-refractivity contribution in [2.24, 2.45) is 0 Å². The molecule has 0 aliphatic heterocycles. The molecule has 0 saturated heterocycles. The fourth-order valence-corrected chi connectivity index (χ4v) is 0.921. The summed E-state index contributed by atoms with van der Waals surface area (Å²) in [6, 6.07) is 0. The van der Waals surface area contributed by atoms with Crippen molar-refractivity contribution in [3.05, 3.63) is 18.1 Å². The van der Waals surface area contributed by atoms with Gasteiger partial charge in [-0.2, -0.15) is 13.2 Å². The first-order valence-electron chi connectivity index (χ1n) is 4.72. The van der Waals surface area contributed by atoms with Crippen molar-refractivity contribution in [2.45, 2.75) is 13.1 Å². The van der Waals surface area contributed by atoms with Crippen LogP contribution in [0.15, 0.2) is 12.4 Å². The molecule has 0 amide bonds. The van der Waals surface area contributed by atoms with Gasteiger partial charge in [0.05, 0.1) is 19.0 Å². The van der Waals surface area contributed by atoms with Gasteiger partial charge in [-0.1, -0.05) is 0 Å². The van der Waals surface area contributed by atoms with E-state index in [1.54, 1.807) is 6.92 Å². The summed E-state index contributed by atoms with van der Waals surface area (Å²) in [5.41, 5.74) is -0.0515. The van der Waals surface area contributed by atoms with E-state index in [1.165, 1.54) is 0 Å². The predicted molar refractivity (Wildman–Crippen MR) is 52.5 cm³/mol. The number of aromatic nitrogens is 2. The van der Waals surface area contributed by atoms with Gasteiger partial charge in [0.15, 0.2) is 5.69 Å². The predicted octanol–water partition coefficient (Wildman–Crippen LogP) is 1.63. The monoisotopic (exact) mass is 249 g/mol. The summed E-state index contributed by atoms with van der Waals surface area (Å²) in [6.45, 7) is 0.611. The number of carbonyl (C=O) groups is 1. The van der Waals surface area contributed by atoms with Gasteiger partial charge in [0.1, 0.15) is 12.4 Å². The Labute approximate surface area is 95.0 Å². The Balaban J connectivity index is 2.59. The second kappa shape index (κ2) is 5.46. The molecule has 1 aromatic heterocycles. The van der Waals surface area contributed by atoms with Crippen molar-refractivity contribution in [3.63, 3.8) is 0 Å². The summed E-state index contributed by atoms with van der Waals surface area (Å²) in [6.07, 6.45) is -2.24. The molecule has 94 valence electrons. The van der Waals surface area contributed by atoms with E-state index in [0.29, 0.717) is 0 Å². The van der Waals surface area contributed by atoms with Crippen LogP contribution in [0.2, 0.25) is 0 Å². The molecule has 0 aliphatic carbocycles. The molecule has 0 radical (unpaired) electrons. The molecule has 1 aromatic rings. The molecule has 0 bridgehead atoms. The first kappa shape index (κ1) is 13.2. The zero-order chi connectivity index (χ0) is 12.9. The third kappa shape index (κ3) is 4.66. The van der Waals surface area contributed by atoms with Gasteiger partial charge in [0, 0.05) is 0 Å². The van der Waals surface area contributed by atoms with Gasteiger partial charge < -0.3 is 10.1 Å². The fourth-order valence-electron chi connectivity index (χ4n) is 0.921. The van der Waals surface area contributed by atoms with Crippen LogP contribution in [-0.2, 0) is 4.74 Å². The Morgan fingerprint density at radius 3 is 2.59 bits per heavy atom. The second-order valence-electron chi connectivity index (χ2n) is 2.98. The van der Waals surface area contributed by atoms with E-state index in [1.807, 2.05) is 5.32 Å². The zero-order valence-electron chi connectivity index (χ0n) is 8.91. The van der Waals surface area contributed by atoms with Gasteiger partial charge in [-0.3, -0.25) is 0 Å². The van der Waals surface area contributed by atoms with E-state index >= 15 is 0 Å². The van der Waals surface area contributed by atoms with E-state index in [-0.39, 0.29) is 18.1 Å². The first-order valence-corrected chi connectivity index (χ1v) is 4.72. The fraction of sp³-hybridized carbons (Fsp3) is 0.444. The van der Waals surface area contributed by atoms with E-state index in [2.05, 4.69) is 14.7 Å². The maximum atomic E-state index is 11.9. The molecule has 0 saturated carbocycles. The molecule has 1 heterocycles. The maximum absolute atomic E-state index is 11.9. The van der Waals surface area contributed by atoms with Crippen molar-refractivity contribution in [1.82, 2.24) is 9.97 Å². The number of hydrogen-bond acceptors (Lipinski definition) is 5. The zero-order valence-corrected chi connectivity index (χ0v) is 8.91. The molecule has 0 spiro atoms. The summed E-state index contributed by atoms with van der Waals surface area (Å²) in [5, 5.41) is 2.03. The van der Waals surface area contributed by atoms with Crippen LogP contribution in [0.4, 0.5) is 19.0 Å². The average Bonchev–Trinajstić information content (AvgIpc) is 2.26. The first-order chi connectivity index (χ1) is 7.92. The smallest absolute Gasteiger partial charge is 0.405 e. The molecular weight excluding hydrogens is 239 g/mol. The molecule has 8 heteroatoms. The van der Waals surface area contributed by atoms with Crippen LogP contribution in [0.25, 0.3) is 0 Å². The lowest BCUT2D eigenvalue weighted by atomic mass is 10.4. The molecule has 5 nitrogen and oxygen atoms in total. The van der Waals surface area contributed by atoms with Gasteiger partial charge >= 0.3 is 12.1 Å². The number of ether oxygens (including phenoxy) is 1. The number of nitrogens with zero attached hydrogens (tertiary/aromatic N) is 2. The summed E-state index contributed by atoms with van der Waals surface area (Å²) in [4.78, 5) is 18.4. The number of hydrogen-bond donors (Lipinski definition) is 1. The highest BCUT2D eigenvalue weighted by molar-refractivity contribution is 5.86. The molecule has 0 fully saturated rings. The van der Waals surface area contributed by atoms with Crippen molar-refractivity contribution in [3.8, 4) is 0 Å². The van der Waals surface area contributed by atoms with Crippen molar-refractivity contribution >= 4 is 11.8 Å². The Bertz CT molecular complexity index is 378. The van der Waals surface area contributed by atoms with E-state index in [9.17, 15) is 18.0 Å². The Morgan fingerprint density at radius 1 is 1.41 bits per heavy atom. The normalized spacial score (nSPS) is 11.1. The lowest BCUT2D eigenvalue weighted by molar-refractivity contribution is -0.115. The minimum absolute atomic E-state index is 0.0515. The van der Waals surface area contributed by atoms with Gasteiger partial charge in [-0.25, -0.2) is 14.8 Å². The molecule has 17 heavy (non-hydrogen) atoms. The number of carbonyl (C=O) groups excluding carboxylic acids is 1. The Hall–Kier alpha value is -1.86. The van der Waals surface area contributed by atoms with Gasteiger partial charge in [0.2, 0.25) is 0 Å². The lowest BCUT2D eigenvalue weighted by Gasteiger charge is -2.08. The van der Waals surface area contributed by atoms with Gasteiger partial charge in [-0.15, -0.1) is 0 Å². The molecule has 1 rings (SSSR count). The maximum Gasteiger partial charge on any atom is 0.405 e. The minimum Gasteiger partial charge on any atom is -0.461 e. The minimum atomic E-state index is -4.33. The summed E-state index contributed by atoms with van der Waals surface area (Å²) < 4.78 is 40.2. The molecule has 0 unspecified atom stereocenters. The van der Waals surface area contributed by atoms with E-state index in [0.717, 1.165) is 12.4 Å². The number of esters is 1. The lowest BCUT2D eigenvalue weighted by Crippen LogP contribution is -2.22. The number of halogens is 3. The van der Waals surface area contributed by atoms with E-state index in [4.69, 9.17) is 0 Å². The summed E-state index contributed by atoms with van der Waals surface area (Å²) >= 11 is 0. The topological polar surface area (TPSA) is 64.1 Å². The molecule has 0 aromatic carbocycles. The number of alkyl halides is 3. The third-order valence-corrected chi connectivity index (χ3v) is 1.61. The number of nitrogens with one attached hydrogen (secondary N) is 1. The summed E-state index contributed by atoms with van der Waals surface area (Å²) in [5.74, 6) is -0.724. The highest BCUT2D eigenvalue weighted by atomic mass is 19.4.